The third-order valence-corrected chi connectivity index (χ3v) is 5.75. The van der Waals surface area contributed by atoms with Crippen molar-refractivity contribution in [1.82, 2.24) is 15.0 Å². The standard InChI is InChI=1S/C29H25N3/c1-29(2,3)24-16-14-22(15-17-24)28-27(31-25-8-4-5-9-26(25)32-28)21-12-10-20(11-13-21)23-7-6-18-30-19-23/h4-19H,1-3H3. The number of hydrogen-bond acceptors (Lipinski definition) is 3. The quantitative estimate of drug-likeness (QED) is 0.310. The maximum absolute atomic E-state index is 5.02. The minimum absolute atomic E-state index is 0.110. The van der Waals surface area contributed by atoms with Gasteiger partial charge in [0.05, 0.1) is 22.4 Å². The Morgan fingerprint density at radius 2 is 1.06 bits per heavy atom. The van der Waals surface area contributed by atoms with E-state index in [1.54, 1.807) is 6.20 Å². The van der Waals surface area contributed by atoms with Crippen LogP contribution in [0.5, 0.6) is 0 Å². The van der Waals surface area contributed by atoms with Crippen molar-refractivity contribution in [2.24, 2.45) is 0 Å². The van der Waals surface area contributed by atoms with Crippen LogP contribution in [-0.2, 0) is 5.41 Å². The van der Waals surface area contributed by atoms with Crippen LogP contribution in [0.3, 0.4) is 0 Å². The van der Waals surface area contributed by atoms with E-state index in [0.717, 1.165) is 44.7 Å². The number of rotatable bonds is 3. The SMILES string of the molecule is CC(C)(C)c1ccc(-c2nc3ccccc3nc2-c2ccc(-c3cccnc3)cc2)cc1. The molecule has 0 radical (unpaired) electrons. The molecule has 0 bridgehead atoms. The van der Waals surface area contributed by atoms with Gasteiger partial charge in [0.1, 0.15) is 0 Å². The zero-order chi connectivity index (χ0) is 22.1. The highest BCUT2D eigenvalue weighted by molar-refractivity contribution is 5.86. The lowest BCUT2D eigenvalue weighted by atomic mass is 9.86. The molecule has 32 heavy (non-hydrogen) atoms. The lowest BCUT2D eigenvalue weighted by molar-refractivity contribution is 0.590. The summed E-state index contributed by atoms with van der Waals surface area (Å²) < 4.78 is 0. The third kappa shape index (κ3) is 3.90. The molecule has 5 aromatic rings. The van der Waals surface area contributed by atoms with Crippen LogP contribution >= 0.6 is 0 Å². The van der Waals surface area contributed by atoms with Gasteiger partial charge in [-0.1, -0.05) is 87.5 Å². The van der Waals surface area contributed by atoms with Gasteiger partial charge in [-0.3, -0.25) is 4.98 Å². The van der Waals surface area contributed by atoms with Crippen LogP contribution in [-0.4, -0.2) is 15.0 Å². The largest absolute Gasteiger partial charge is 0.264 e. The summed E-state index contributed by atoms with van der Waals surface area (Å²) in [5.74, 6) is 0. The summed E-state index contributed by atoms with van der Waals surface area (Å²) in [7, 11) is 0. The van der Waals surface area contributed by atoms with Crippen molar-refractivity contribution in [3.8, 4) is 33.6 Å². The van der Waals surface area contributed by atoms with Gasteiger partial charge < -0.3 is 0 Å². The Hall–Kier alpha value is -3.85. The van der Waals surface area contributed by atoms with Gasteiger partial charge in [-0.15, -0.1) is 0 Å². The summed E-state index contributed by atoms with van der Waals surface area (Å²) >= 11 is 0. The summed E-state index contributed by atoms with van der Waals surface area (Å²) in [6.45, 7) is 6.69. The molecule has 0 N–H and O–H groups in total. The second kappa shape index (κ2) is 8.01. The summed E-state index contributed by atoms with van der Waals surface area (Å²) in [6.07, 6.45) is 3.67. The Morgan fingerprint density at radius 3 is 1.56 bits per heavy atom. The normalized spacial score (nSPS) is 11.6. The fraction of sp³-hybridized carbons (Fsp3) is 0.138. The van der Waals surface area contributed by atoms with Gasteiger partial charge in [0.2, 0.25) is 0 Å². The molecule has 0 saturated heterocycles. The second-order valence-electron chi connectivity index (χ2n) is 9.06. The van der Waals surface area contributed by atoms with Gasteiger partial charge in [0.15, 0.2) is 0 Å². The number of nitrogens with zero attached hydrogens (tertiary/aromatic N) is 3. The second-order valence-corrected chi connectivity index (χ2v) is 9.06. The van der Waals surface area contributed by atoms with Crippen molar-refractivity contribution in [1.29, 1.82) is 0 Å². The van der Waals surface area contributed by atoms with E-state index in [4.69, 9.17) is 9.97 Å². The predicted octanol–water partition coefficient (Wildman–Crippen LogP) is 7.32. The van der Waals surface area contributed by atoms with Crippen LogP contribution in [0.25, 0.3) is 44.7 Å². The highest BCUT2D eigenvalue weighted by atomic mass is 14.8. The van der Waals surface area contributed by atoms with Crippen LogP contribution < -0.4 is 0 Å². The molecule has 3 heteroatoms. The summed E-state index contributed by atoms with van der Waals surface area (Å²) in [5.41, 5.74) is 9.35. The van der Waals surface area contributed by atoms with Gasteiger partial charge in [0.25, 0.3) is 0 Å². The van der Waals surface area contributed by atoms with Crippen molar-refractivity contribution in [2.45, 2.75) is 26.2 Å². The van der Waals surface area contributed by atoms with Gasteiger partial charge in [-0.05, 0) is 40.3 Å². The maximum atomic E-state index is 5.02. The van der Waals surface area contributed by atoms with Crippen LogP contribution in [0.15, 0.2) is 97.3 Å². The van der Waals surface area contributed by atoms with E-state index < -0.39 is 0 Å². The number of aromatic nitrogens is 3. The molecule has 2 heterocycles. The van der Waals surface area contributed by atoms with Crippen LogP contribution in [0.1, 0.15) is 26.3 Å². The Labute approximate surface area is 188 Å². The predicted molar refractivity (Wildman–Crippen MR) is 132 cm³/mol. The molecule has 0 fully saturated rings. The van der Waals surface area contributed by atoms with Gasteiger partial charge in [-0.2, -0.15) is 0 Å². The molecule has 5 rings (SSSR count). The fourth-order valence-corrected chi connectivity index (χ4v) is 3.88. The molecule has 0 atom stereocenters. The number of fused-ring (bicyclic) bond motifs is 1. The highest BCUT2D eigenvalue weighted by Crippen LogP contribution is 2.33. The first kappa shape index (κ1) is 20.1. The van der Waals surface area contributed by atoms with E-state index >= 15 is 0 Å². The molecule has 0 spiro atoms. The Balaban J connectivity index is 1.63. The summed E-state index contributed by atoms with van der Waals surface area (Å²) in [6, 6.07) is 29.3. The number of para-hydroxylation sites is 2. The first-order valence-electron chi connectivity index (χ1n) is 10.9. The zero-order valence-electron chi connectivity index (χ0n) is 18.6. The van der Waals surface area contributed by atoms with Crippen molar-refractivity contribution in [2.75, 3.05) is 0 Å². The summed E-state index contributed by atoms with van der Waals surface area (Å²) in [5, 5.41) is 0. The topological polar surface area (TPSA) is 38.7 Å². The first-order valence-corrected chi connectivity index (χ1v) is 10.9. The van der Waals surface area contributed by atoms with Crippen molar-refractivity contribution >= 4 is 11.0 Å². The Bertz CT molecular complexity index is 1360. The molecular weight excluding hydrogens is 390 g/mol. The average Bonchev–Trinajstić information content (AvgIpc) is 2.83. The molecule has 0 saturated carbocycles. The van der Waals surface area contributed by atoms with E-state index in [2.05, 4.69) is 80.4 Å². The van der Waals surface area contributed by atoms with E-state index in [1.807, 2.05) is 36.5 Å². The van der Waals surface area contributed by atoms with Gasteiger partial charge in [-0.25, -0.2) is 9.97 Å². The van der Waals surface area contributed by atoms with E-state index in [9.17, 15) is 0 Å². The fourth-order valence-electron chi connectivity index (χ4n) is 3.88. The molecular formula is C29H25N3. The van der Waals surface area contributed by atoms with Gasteiger partial charge >= 0.3 is 0 Å². The molecule has 3 aromatic carbocycles. The highest BCUT2D eigenvalue weighted by Gasteiger charge is 2.16. The lowest BCUT2D eigenvalue weighted by Gasteiger charge is -2.19. The average molecular weight is 416 g/mol. The zero-order valence-corrected chi connectivity index (χ0v) is 18.6. The Kier molecular flexibility index (Phi) is 5.02. The lowest BCUT2D eigenvalue weighted by Crippen LogP contribution is -2.10. The summed E-state index contributed by atoms with van der Waals surface area (Å²) in [4.78, 5) is 14.3. The number of pyridine rings is 1. The molecule has 2 aromatic heterocycles. The molecule has 156 valence electrons. The van der Waals surface area contributed by atoms with Crippen LogP contribution in [0.2, 0.25) is 0 Å². The van der Waals surface area contributed by atoms with Crippen molar-refractivity contribution in [3.63, 3.8) is 0 Å². The monoisotopic (exact) mass is 415 g/mol. The van der Waals surface area contributed by atoms with Crippen molar-refractivity contribution in [3.05, 3.63) is 103 Å². The molecule has 3 nitrogen and oxygen atoms in total. The van der Waals surface area contributed by atoms with E-state index in [0.29, 0.717) is 0 Å². The van der Waals surface area contributed by atoms with Gasteiger partial charge in [0, 0.05) is 23.5 Å². The number of benzene rings is 3. The Morgan fingerprint density at radius 1 is 0.531 bits per heavy atom. The van der Waals surface area contributed by atoms with E-state index in [-0.39, 0.29) is 5.41 Å². The number of hydrogen-bond donors (Lipinski definition) is 0. The minimum atomic E-state index is 0.110. The minimum Gasteiger partial charge on any atom is -0.264 e. The van der Waals surface area contributed by atoms with E-state index in [1.165, 1.54) is 5.56 Å². The molecule has 0 unspecified atom stereocenters. The molecule has 0 aliphatic heterocycles. The molecule has 0 amide bonds. The molecule has 0 aliphatic rings. The molecule has 0 aliphatic carbocycles. The van der Waals surface area contributed by atoms with Crippen molar-refractivity contribution < 1.29 is 0 Å². The van der Waals surface area contributed by atoms with Crippen LogP contribution in [0, 0.1) is 0 Å². The maximum Gasteiger partial charge on any atom is 0.0973 e. The third-order valence-electron chi connectivity index (χ3n) is 5.75. The van der Waals surface area contributed by atoms with Crippen LogP contribution in [0.4, 0.5) is 0 Å². The smallest absolute Gasteiger partial charge is 0.0973 e. The first-order chi connectivity index (χ1) is 15.5.